The predicted molar refractivity (Wildman–Crippen MR) is 107 cm³/mol. The molecule has 0 aliphatic rings. The van der Waals surface area contributed by atoms with Gasteiger partial charge in [0, 0.05) is 22.6 Å². The summed E-state index contributed by atoms with van der Waals surface area (Å²) < 4.78 is 0. The van der Waals surface area contributed by atoms with Gasteiger partial charge in [-0.2, -0.15) is 12.1 Å². The van der Waals surface area contributed by atoms with Crippen LogP contribution in [-0.4, -0.2) is 21.2 Å². The first-order valence-electron chi connectivity index (χ1n) is 6.55. The van der Waals surface area contributed by atoms with E-state index in [-0.39, 0.29) is 29.6 Å². The predicted octanol–water partition coefficient (Wildman–Crippen LogP) is 3.78. The zero-order valence-corrected chi connectivity index (χ0v) is 18.2. The van der Waals surface area contributed by atoms with Crippen molar-refractivity contribution in [2.24, 2.45) is 0 Å². The number of carbonyl (C=O) groups is 1. The number of halogens is 6. The summed E-state index contributed by atoms with van der Waals surface area (Å²) in [5, 5.41) is 2.31. The quantitative estimate of drug-likeness (QED) is 0.232. The van der Waals surface area contributed by atoms with Crippen LogP contribution in [0, 0.1) is 6.07 Å². The fourth-order valence-corrected chi connectivity index (χ4v) is 2.43. The molecule has 3 aromatic heterocycles. The Balaban J connectivity index is 0.000000372. The van der Waals surface area contributed by atoms with Crippen LogP contribution < -0.4 is 18.9 Å². The molecule has 0 aliphatic carbocycles. The molecule has 3 aromatic rings. The van der Waals surface area contributed by atoms with Crippen molar-refractivity contribution in [3.63, 3.8) is 0 Å². The minimum Gasteiger partial charge on any atom is -0.298 e. The van der Waals surface area contributed by atoms with Crippen LogP contribution in [0.5, 0.6) is 0 Å². The van der Waals surface area contributed by atoms with Gasteiger partial charge in [-0.3, -0.25) is 9.78 Å². The van der Waals surface area contributed by atoms with Gasteiger partial charge in [-0.25, -0.2) is 9.97 Å². The summed E-state index contributed by atoms with van der Waals surface area (Å²) in [6.07, 6.45) is 5.11. The largest absolute Gasteiger partial charge is 1.00 e. The van der Waals surface area contributed by atoms with Crippen molar-refractivity contribution >= 4 is 75.9 Å². The molecule has 27 heavy (non-hydrogen) atoms. The van der Waals surface area contributed by atoms with Gasteiger partial charge in [-0.05, 0) is 18.2 Å². The minimum absolute atomic E-state index is 0. The molecule has 0 N–H and O–H groups in total. The third-order valence-corrected chi connectivity index (χ3v) is 3.81. The molecule has 136 valence electrons. The van der Waals surface area contributed by atoms with Crippen LogP contribution in [0.1, 0.15) is 10.4 Å². The van der Waals surface area contributed by atoms with Crippen molar-refractivity contribution in [2.75, 3.05) is 0 Å². The van der Waals surface area contributed by atoms with E-state index in [1.807, 2.05) is 0 Å². The molecule has 0 fully saturated rings. The van der Waals surface area contributed by atoms with Crippen LogP contribution in [0.3, 0.4) is 0 Å². The molecular weight excluding hydrogens is 470 g/mol. The van der Waals surface area contributed by atoms with Gasteiger partial charge in [0.05, 0.1) is 10.6 Å². The second kappa shape index (κ2) is 14.5. The SMILES string of the molecule is Clc1[c-]c(Cl)ncc1.Clc1ccnc(Cl)c1.O=Cc1c(Cl)ccnc1Cl.[Li+]. The van der Waals surface area contributed by atoms with E-state index in [9.17, 15) is 4.79 Å². The molecule has 0 saturated heterocycles. The van der Waals surface area contributed by atoms with Gasteiger partial charge in [0.1, 0.15) is 10.3 Å². The van der Waals surface area contributed by atoms with Crippen LogP contribution >= 0.6 is 69.6 Å². The third-order valence-electron chi connectivity index (χ3n) is 2.33. The van der Waals surface area contributed by atoms with Gasteiger partial charge >= 0.3 is 18.9 Å². The normalized spacial score (nSPS) is 8.96. The summed E-state index contributed by atoms with van der Waals surface area (Å²) in [5.41, 5.74) is 0.242. The Labute approximate surface area is 198 Å². The van der Waals surface area contributed by atoms with Crippen LogP contribution in [0.15, 0.2) is 42.9 Å². The molecular formula is C16H8Cl6LiN3O. The van der Waals surface area contributed by atoms with Crippen molar-refractivity contribution in [3.05, 3.63) is 85.0 Å². The fraction of sp³-hybridized carbons (Fsp3) is 0. The maximum Gasteiger partial charge on any atom is 1.00 e. The van der Waals surface area contributed by atoms with E-state index < -0.39 is 0 Å². The average molecular weight is 478 g/mol. The summed E-state index contributed by atoms with van der Waals surface area (Å²) in [6, 6.07) is 8.98. The molecule has 0 aromatic carbocycles. The van der Waals surface area contributed by atoms with Gasteiger partial charge < -0.3 is 0 Å². The Bertz CT molecular complexity index is 771. The van der Waals surface area contributed by atoms with Crippen molar-refractivity contribution in [1.29, 1.82) is 0 Å². The number of rotatable bonds is 1. The molecule has 3 heterocycles. The minimum atomic E-state index is 0. The number of pyridine rings is 3. The maximum absolute atomic E-state index is 10.2. The summed E-state index contributed by atoms with van der Waals surface area (Å²) in [5.74, 6) is 0. The Morgan fingerprint density at radius 2 is 1.48 bits per heavy atom. The summed E-state index contributed by atoms with van der Waals surface area (Å²) in [7, 11) is 0. The molecule has 0 radical (unpaired) electrons. The number of hydrogen-bond donors (Lipinski definition) is 0. The zero-order valence-electron chi connectivity index (χ0n) is 13.6. The number of aromatic nitrogens is 3. The smallest absolute Gasteiger partial charge is 0.298 e. The van der Waals surface area contributed by atoms with E-state index in [2.05, 4.69) is 21.0 Å². The van der Waals surface area contributed by atoms with Crippen LogP contribution in [0.4, 0.5) is 0 Å². The molecule has 0 amide bonds. The summed E-state index contributed by atoms with van der Waals surface area (Å²) in [6.45, 7) is 0. The zero-order chi connectivity index (χ0) is 19.5. The van der Waals surface area contributed by atoms with Crippen molar-refractivity contribution in [2.45, 2.75) is 0 Å². The van der Waals surface area contributed by atoms with Crippen LogP contribution in [-0.2, 0) is 0 Å². The van der Waals surface area contributed by atoms with Gasteiger partial charge in [0.15, 0.2) is 6.29 Å². The van der Waals surface area contributed by atoms with Crippen molar-refractivity contribution in [1.82, 2.24) is 15.0 Å². The number of nitrogens with zero attached hydrogens (tertiary/aromatic N) is 3. The second-order valence-corrected chi connectivity index (χ2v) is 6.47. The molecule has 0 unspecified atom stereocenters. The Morgan fingerprint density at radius 3 is 1.85 bits per heavy atom. The Kier molecular flexibility index (Phi) is 14.2. The fourth-order valence-electron chi connectivity index (χ4n) is 1.25. The van der Waals surface area contributed by atoms with Crippen LogP contribution in [0.25, 0.3) is 0 Å². The number of hydrogen-bond acceptors (Lipinski definition) is 4. The summed E-state index contributed by atoms with van der Waals surface area (Å²) >= 11 is 32.9. The molecule has 3 rings (SSSR count). The number of aldehydes is 1. The molecule has 0 atom stereocenters. The van der Waals surface area contributed by atoms with Crippen LogP contribution in [0.2, 0.25) is 30.5 Å². The van der Waals surface area contributed by atoms with Gasteiger partial charge in [0.25, 0.3) is 0 Å². The van der Waals surface area contributed by atoms with E-state index in [4.69, 9.17) is 69.6 Å². The van der Waals surface area contributed by atoms with Crippen molar-refractivity contribution < 1.29 is 23.7 Å². The maximum atomic E-state index is 10.2. The first-order chi connectivity index (χ1) is 12.3. The number of carbonyl (C=O) groups excluding carboxylic acids is 1. The molecule has 0 saturated carbocycles. The summed E-state index contributed by atoms with van der Waals surface area (Å²) in [4.78, 5) is 21.3. The molecule has 0 spiro atoms. The Hall–Kier alpha value is -0.543. The van der Waals surface area contributed by atoms with E-state index in [1.54, 1.807) is 24.4 Å². The monoisotopic (exact) mass is 475 g/mol. The van der Waals surface area contributed by atoms with Gasteiger partial charge in [-0.15, -0.1) is 16.6 Å². The van der Waals surface area contributed by atoms with E-state index >= 15 is 0 Å². The van der Waals surface area contributed by atoms with Gasteiger partial charge in [0.2, 0.25) is 0 Å². The van der Waals surface area contributed by atoms with Gasteiger partial charge in [-0.1, -0.05) is 64.2 Å². The molecule has 0 bridgehead atoms. The molecule has 4 nitrogen and oxygen atoms in total. The second-order valence-electron chi connectivity index (χ2n) is 4.12. The Morgan fingerprint density at radius 1 is 0.852 bits per heavy atom. The van der Waals surface area contributed by atoms with Crippen molar-refractivity contribution in [3.8, 4) is 0 Å². The van der Waals surface area contributed by atoms with E-state index in [0.29, 0.717) is 31.7 Å². The molecule has 0 aliphatic heterocycles. The average Bonchev–Trinajstić information content (AvgIpc) is 2.56. The first kappa shape index (κ1) is 26.5. The van der Waals surface area contributed by atoms with E-state index in [0.717, 1.165) is 0 Å². The third kappa shape index (κ3) is 11.1. The topological polar surface area (TPSA) is 55.7 Å². The molecule has 11 heteroatoms. The van der Waals surface area contributed by atoms with E-state index in [1.165, 1.54) is 18.5 Å². The standard InChI is InChI=1S/C6H3Cl2NO.C5H3Cl2N.C5H2Cl2N.Li/c7-5-1-2-9-6(8)4(5)3-10;2*6-4-1-2-8-5(7)3-4;/h1-3H;1-3H;1-2H;/q;;-1;+1. The first-order valence-corrected chi connectivity index (χ1v) is 8.81.